The normalized spacial score (nSPS) is 11.1. The standard InChI is InChI=1S/C20H27N9O3/c1-11(2)14-7-13(8-15(12(3)4)16(14)24-26-22)9-32-20(31)29-10-23-17(18(21)30)19(29)25-27-28(5)6/h7-8,10-12H,9H2,1-6H3,(H2,21,30)/b27-25+. The van der Waals surface area contributed by atoms with E-state index in [-0.39, 0.29) is 30.0 Å². The smallest absolute Gasteiger partial charge is 0.421 e. The number of ether oxygens (including phenoxy) is 1. The first-order valence-electron chi connectivity index (χ1n) is 9.91. The molecule has 170 valence electrons. The van der Waals surface area contributed by atoms with Gasteiger partial charge in [-0.1, -0.05) is 50.2 Å². The summed E-state index contributed by atoms with van der Waals surface area (Å²) in [5.74, 6) is -0.788. The summed E-state index contributed by atoms with van der Waals surface area (Å²) in [5, 5.41) is 13.0. The zero-order chi connectivity index (χ0) is 24.0. The molecule has 0 unspecified atom stereocenters. The molecule has 2 aromatic rings. The van der Waals surface area contributed by atoms with Crippen LogP contribution in [0.2, 0.25) is 0 Å². The number of nitrogens with zero attached hydrogens (tertiary/aromatic N) is 8. The molecule has 0 fully saturated rings. The van der Waals surface area contributed by atoms with Gasteiger partial charge in [-0.25, -0.2) is 14.3 Å². The first-order valence-corrected chi connectivity index (χ1v) is 9.91. The number of primary amides is 1. The molecule has 32 heavy (non-hydrogen) atoms. The molecule has 0 aliphatic carbocycles. The van der Waals surface area contributed by atoms with Crippen LogP contribution >= 0.6 is 0 Å². The van der Waals surface area contributed by atoms with Crippen LogP contribution in [0.25, 0.3) is 10.4 Å². The van der Waals surface area contributed by atoms with Crippen LogP contribution in [0.3, 0.4) is 0 Å². The molecule has 12 heteroatoms. The van der Waals surface area contributed by atoms with Gasteiger partial charge in [0.25, 0.3) is 5.91 Å². The van der Waals surface area contributed by atoms with Crippen molar-refractivity contribution < 1.29 is 14.3 Å². The van der Waals surface area contributed by atoms with Crippen molar-refractivity contribution >= 4 is 23.5 Å². The van der Waals surface area contributed by atoms with Gasteiger partial charge in [-0.2, -0.15) is 0 Å². The highest BCUT2D eigenvalue weighted by Gasteiger charge is 2.22. The summed E-state index contributed by atoms with van der Waals surface area (Å²) in [4.78, 5) is 31.1. The predicted molar refractivity (Wildman–Crippen MR) is 118 cm³/mol. The van der Waals surface area contributed by atoms with E-state index < -0.39 is 12.0 Å². The van der Waals surface area contributed by atoms with Crippen LogP contribution in [0, 0.1) is 0 Å². The van der Waals surface area contributed by atoms with Crippen LogP contribution < -0.4 is 5.73 Å². The number of amides is 1. The molecule has 0 saturated heterocycles. The molecule has 0 atom stereocenters. The second-order valence-electron chi connectivity index (χ2n) is 7.86. The van der Waals surface area contributed by atoms with Crippen molar-refractivity contribution in [3.8, 4) is 0 Å². The monoisotopic (exact) mass is 441 g/mol. The fraction of sp³-hybridized carbons (Fsp3) is 0.450. The molecule has 1 aromatic carbocycles. The average Bonchev–Trinajstić information content (AvgIpc) is 3.15. The minimum absolute atomic E-state index is 0.0524. The molecular weight excluding hydrogens is 414 g/mol. The Balaban J connectivity index is 2.38. The summed E-state index contributed by atoms with van der Waals surface area (Å²) < 4.78 is 6.40. The van der Waals surface area contributed by atoms with Crippen LogP contribution in [-0.4, -0.2) is 40.7 Å². The Kier molecular flexibility index (Phi) is 7.92. The van der Waals surface area contributed by atoms with Crippen LogP contribution in [0.1, 0.15) is 66.7 Å². The quantitative estimate of drug-likeness (QED) is 0.265. The van der Waals surface area contributed by atoms with Crippen molar-refractivity contribution in [3.63, 3.8) is 0 Å². The molecule has 0 radical (unpaired) electrons. The van der Waals surface area contributed by atoms with Gasteiger partial charge in [0.15, 0.2) is 11.5 Å². The lowest BCUT2D eigenvalue weighted by Crippen LogP contribution is -2.15. The van der Waals surface area contributed by atoms with Crippen molar-refractivity contribution in [2.75, 3.05) is 14.1 Å². The van der Waals surface area contributed by atoms with Crippen LogP contribution in [0.15, 0.2) is 33.9 Å². The zero-order valence-electron chi connectivity index (χ0n) is 19.0. The minimum atomic E-state index is -0.846. The van der Waals surface area contributed by atoms with Gasteiger partial charge in [0.05, 0.1) is 0 Å². The summed E-state index contributed by atoms with van der Waals surface area (Å²) in [5.41, 5.74) is 17.1. The lowest BCUT2D eigenvalue weighted by molar-refractivity contribution is 0.0996. The minimum Gasteiger partial charge on any atom is -0.444 e. The fourth-order valence-corrected chi connectivity index (χ4v) is 2.96. The third-order valence-electron chi connectivity index (χ3n) is 4.47. The number of aromatic nitrogens is 2. The van der Waals surface area contributed by atoms with Crippen molar-refractivity contribution in [2.24, 2.45) is 21.2 Å². The SMILES string of the molecule is CC(C)c1cc(COC(=O)n2cnc(C(N)=O)c2/N=N/N(C)C)cc(C(C)C)c1N=[N+]=[N-]. The van der Waals surface area contributed by atoms with Crippen LogP contribution in [-0.2, 0) is 11.3 Å². The Morgan fingerprint density at radius 1 is 1.22 bits per heavy atom. The zero-order valence-corrected chi connectivity index (χ0v) is 19.0. The van der Waals surface area contributed by atoms with Crippen molar-refractivity contribution in [1.29, 1.82) is 0 Å². The number of benzene rings is 1. The number of imidazole rings is 1. The van der Waals surface area contributed by atoms with Gasteiger partial charge in [0.1, 0.15) is 12.9 Å². The lowest BCUT2D eigenvalue weighted by Gasteiger charge is -2.18. The molecule has 1 heterocycles. The molecule has 0 saturated carbocycles. The molecule has 0 spiro atoms. The van der Waals surface area contributed by atoms with E-state index in [0.29, 0.717) is 5.69 Å². The lowest BCUT2D eigenvalue weighted by atomic mass is 9.90. The molecular formula is C20H27N9O3. The number of carbonyl (C=O) groups excluding carboxylic acids is 2. The molecule has 1 amide bonds. The molecule has 2 N–H and O–H groups in total. The van der Waals surface area contributed by atoms with Crippen molar-refractivity contribution in [1.82, 2.24) is 14.6 Å². The largest absolute Gasteiger partial charge is 0.444 e. The van der Waals surface area contributed by atoms with Gasteiger partial charge in [-0.15, -0.1) is 5.11 Å². The topological polar surface area (TPSA) is 164 Å². The Morgan fingerprint density at radius 2 is 1.81 bits per heavy atom. The van der Waals surface area contributed by atoms with E-state index in [0.717, 1.165) is 27.6 Å². The van der Waals surface area contributed by atoms with Crippen molar-refractivity contribution in [3.05, 3.63) is 51.3 Å². The maximum atomic E-state index is 12.7. The van der Waals surface area contributed by atoms with E-state index in [9.17, 15) is 9.59 Å². The van der Waals surface area contributed by atoms with Gasteiger partial charge in [-0.05, 0) is 34.1 Å². The Labute approximate surface area is 185 Å². The number of hydrogen-bond donors (Lipinski definition) is 1. The average molecular weight is 441 g/mol. The third-order valence-corrected chi connectivity index (χ3v) is 4.47. The molecule has 1 aromatic heterocycles. The summed E-state index contributed by atoms with van der Waals surface area (Å²) in [7, 11) is 3.26. The van der Waals surface area contributed by atoms with Crippen molar-refractivity contribution in [2.45, 2.75) is 46.1 Å². The molecule has 0 bridgehead atoms. The highest BCUT2D eigenvalue weighted by Crippen LogP contribution is 2.36. The Bertz CT molecular complexity index is 1050. The highest BCUT2D eigenvalue weighted by molar-refractivity contribution is 5.96. The Morgan fingerprint density at radius 3 is 2.28 bits per heavy atom. The molecule has 2 rings (SSSR count). The van der Waals surface area contributed by atoms with E-state index >= 15 is 0 Å². The van der Waals surface area contributed by atoms with E-state index in [2.05, 4.69) is 25.3 Å². The highest BCUT2D eigenvalue weighted by atomic mass is 16.5. The van der Waals surface area contributed by atoms with E-state index in [1.165, 1.54) is 5.01 Å². The first-order chi connectivity index (χ1) is 15.1. The van der Waals surface area contributed by atoms with E-state index in [1.54, 1.807) is 14.1 Å². The summed E-state index contributed by atoms with van der Waals surface area (Å²) in [6, 6.07) is 3.70. The third kappa shape index (κ3) is 5.61. The number of nitrogens with two attached hydrogens (primary N) is 1. The van der Waals surface area contributed by atoms with Gasteiger partial charge >= 0.3 is 6.09 Å². The predicted octanol–water partition coefficient (Wildman–Crippen LogP) is 4.92. The summed E-state index contributed by atoms with van der Waals surface area (Å²) >= 11 is 0. The first kappa shape index (κ1) is 24.4. The van der Waals surface area contributed by atoms with Crippen LogP contribution in [0.5, 0.6) is 0 Å². The van der Waals surface area contributed by atoms with Gasteiger partial charge in [-0.3, -0.25) is 9.80 Å². The summed E-state index contributed by atoms with van der Waals surface area (Å²) in [6.07, 6.45) is 0.310. The van der Waals surface area contributed by atoms with Gasteiger partial charge < -0.3 is 10.5 Å². The molecule has 12 nitrogen and oxygen atoms in total. The maximum Gasteiger partial charge on any atom is 0.421 e. The van der Waals surface area contributed by atoms with Crippen LogP contribution in [0.4, 0.5) is 16.3 Å². The molecule has 0 aliphatic rings. The van der Waals surface area contributed by atoms with Gasteiger partial charge in [0, 0.05) is 24.7 Å². The second kappa shape index (κ2) is 10.4. The Hall–Kier alpha value is -3.92. The summed E-state index contributed by atoms with van der Waals surface area (Å²) in [6.45, 7) is 7.91. The number of hydrogen-bond acceptors (Lipinski definition) is 7. The second-order valence-corrected chi connectivity index (χ2v) is 7.86. The van der Waals surface area contributed by atoms with E-state index in [4.69, 9.17) is 16.0 Å². The number of azide groups is 1. The van der Waals surface area contributed by atoms with Gasteiger partial charge in [0.2, 0.25) is 0 Å². The fourth-order valence-electron chi connectivity index (χ4n) is 2.96. The maximum absolute atomic E-state index is 12.7. The number of carbonyl (C=O) groups is 2. The number of rotatable bonds is 8. The van der Waals surface area contributed by atoms with E-state index in [1.807, 2.05) is 39.8 Å². The molecule has 0 aliphatic heterocycles.